The van der Waals surface area contributed by atoms with E-state index in [4.69, 9.17) is 19.7 Å². The van der Waals surface area contributed by atoms with E-state index in [2.05, 4.69) is 5.32 Å². The maximum Gasteiger partial charge on any atom is 0.161 e. The van der Waals surface area contributed by atoms with E-state index in [1.807, 2.05) is 25.1 Å². The van der Waals surface area contributed by atoms with Gasteiger partial charge in [-0.25, -0.2) is 0 Å². The Kier molecular flexibility index (Phi) is 6.49. The molecule has 0 amide bonds. The van der Waals surface area contributed by atoms with Gasteiger partial charge in [-0.2, -0.15) is 0 Å². The quantitative estimate of drug-likeness (QED) is 0.632. The maximum absolute atomic E-state index is 8.95. The first kappa shape index (κ1) is 14.8. The molecule has 0 fully saturated rings. The number of aliphatic hydroxyl groups excluding tert-OH is 2. The van der Waals surface area contributed by atoms with E-state index < -0.39 is 0 Å². The van der Waals surface area contributed by atoms with Gasteiger partial charge in [-0.05, 0) is 24.6 Å². The van der Waals surface area contributed by atoms with E-state index >= 15 is 0 Å². The molecule has 3 N–H and O–H groups in total. The Morgan fingerprint density at radius 1 is 1.22 bits per heavy atom. The second kappa shape index (κ2) is 7.92. The van der Waals surface area contributed by atoms with Crippen LogP contribution in [0.1, 0.15) is 12.5 Å². The summed E-state index contributed by atoms with van der Waals surface area (Å²) >= 11 is 0. The Labute approximate surface area is 107 Å². The molecule has 1 rings (SSSR count). The van der Waals surface area contributed by atoms with Crippen molar-refractivity contribution >= 4 is 0 Å². The molecule has 1 aromatic carbocycles. The van der Waals surface area contributed by atoms with E-state index in [0.717, 1.165) is 5.56 Å². The number of methoxy groups -OCH3 is 1. The minimum absolute atomic E-state index is 0.0926. The normalized spacial score (nSPS) is 10.7. The van der Waals surface area contributed by atoms with Crippen molar-refractivity contribution in [2.75, 3.05) is 26.9 Å². The molecule has 0 aliphatic rings. The molecular weight excluding hydrogens is 234 g/mol. The molecule has 0 spiro atoms. The van der Waals surface area contributed by atoms with Crippen LogP contribution in [0.3, 0.4) is 0 Å². The van der Waals surface area contributed by atoms with Gasteiger partial charge in [-0.15, -0.1) is 0 Å². The lowest BCUT2D eigenvalue weighted by molar-refractivity contribution is 0.170. The monoisotopic (exact) mass is 255 g/mol. The molecule has 0 unspecified atom stereocenters. The Morgan fingerprint density at radius 2 is 1.94 bits per heavy atom. The zero-order valence-corrected chi connectivity index (χ0v) is 10.8. The first-order valence-corrected chi connectivity index (χ1v) is 6.00. The van der Waals surface area contributed by atoms with Crippen LogP contribution >= 0.6 is 0 Å². The molecule has 5 heteroatoms. The van der Waals surface area contributed by atoms with Crippen molar-refractivity contribution in [2.24, 2.45) is 0 Å². The summed E-state index contributed by atoms with van der Waals surface area (Å²) in [4.78, 5) is 0. The SMILES string of the molecule is CCOc1ccc(CNC(CO)CO)cc1OC. The number of nitrogens with one attached hydrogen (secondary N) is 1. The summed E-state index contributed by atoms with van der Waals surface area (Å²) in [7, 11) is 1.60. The second-order valence-corrected chi connectivity index (χ2v) is 3.86. The van der Waals surface area contributed by atoms with Crippen LogP contribution in [0.25, 0.3) is 0 Å². The number of benzene rings is 1. The fourth-order valence-electron chi connectivity index (χ4n) is 1.55. The van der Waals surface area contributed by atoms with Gasteiger partial charge in [0.25, 0.3) is 0 Å². The standard InChI is InChI=1S/C13H21NO4/c1-3-18-12-5-4-10(6-13(12)17-2)7-14-11(8-15)9-16/h4-6,11,14-16H,3,7-9H2,1-2H3. The smallest absolute Gasteiger partial charge is 0.161 e. The zero-order chi connectivity index (χ0) is 13.4. The van der Waals surface area contributed by atoms with E-state index in [0.29, 0.717) is 24.7 Å². The van der Waals surface area contributed by atoms with Gasteiger partial charge < -0.3 is 25.0 Å². The Balaban J connectivity index is 2.67. The first-order valence-electron chi connectivity index (χ1n) is 6.00. The average Bonchev–Trinajstić information content (AvgIpc) is 2.41. The van der Waals surface area contributed by atoms with Crippen LogP contribution in [-0.2, 0) is 6.54 Å². The molecular formula is C13H21NO4. The van der Waals surface area contributed by atoms with Gasteiger partial charge >= 0.3 is 0 Å². The molecule has 0 aliphatic carbocycles. The summed E-state index contributed by atoms with van der Waals surface area (Å²) in [5.74, 6) is 1.39. The molecule has 0 radical (unpaired) electrons. The number of rotatable bonds is 8. The Bertz CT molecular complexity index is 353. The fraction of sp³-hybridized carbons (Fsp3) is 0.538. The Hall–Kier alpha value is -1.30. The van der Waals surface area contributed by atoms with Crippen molar-refractivity contribution in [1.82, 2.24) is 5.32 Å². The summed E-state index contributed by atoms with van der Waals surface area (Å²) in [5.41, 5.74) is 1.00. The largest absolute Gasteiger partial charge is 0.493 e. The zero-order valence-electron chi connectivity index (χ0n) is 10.8. The van der Waals surface area contributed by atoms with E-state index in [9.17, 15) is 0 Å². The second-order valence-electron chi connectivity index (χ2n) is 3.86. The van der Waals surface area contributed by atoms with Crippen LogP contribution in [0.2, 0.25) is 0 Å². The number of hydrogen-bond donors (Lipinski definition) is 3. The van der Waals surface area contributed by atoms with Gasteiger partial charge in [0.15, 0.2) is 11.5 Å². The van der Waals surface area contributed by atoms with Crippen molar-refractivity contribution in [1.29, 1.82) is 0 Å². The highest BCUT2D eigenvalue weighted by Crippen LogP contribution is 2.27. The van der Waals surface area contributed by atoms with E-state index in [1.165, 1.54) is 0 Å². The fourth-order valence-corrected chi connectivity index (χ4v) is 1.55. The number of hydrogen-bond acceptors (Lipinski definition) is 5. The van der Waals surface area contributed by atoms with E-state index in [1.54, 1.807) is 7.11 Å². The summed E-state index contributed by atoms with van der Waals surface area (Å²) in [6, 6.07) is 5.35. The highest BCUT2D eigenvalue weighted by atomic mass is 16.5. The van der Waals surface area contributed by atoms with Crippen LogP contribution < -0.4 is 14.8 Å². The summed E-state index contributed by atoms with van der Waals surface area (Å²) in [5, 5.41) is 20.9. The summed E-state index contributed by atoms with van der Waals surface area (Å²) in [6.07, 6.45) is 0. The van der Waals surface area contributed by atoms with Gasteiger partial charge in [0.1, 0.15) is 0 Å². The number of ether oxygens (including phenoxy) is 2. The first-order chi connectivity index (χ1) is 8.74. The topological polar surface area (TPSA) is 71.0 Å². The molecule has 0 aliphatic heterocycles. The predicted molar refractivity (Wildman–Crippen MR) is 69.0 cm³/mol. The molecule has 0 heterocycles. The highest BCUT2D eigenvalue weighted by molar-refractivity contribution is 5.42. The molecule has 102 valence electrons. The van der Waals surface area contributed by atoms with Gasteiger partial charge in [-0.1, -0.05) is 6.07 Å². The molecule has 0 saturated carbocycles. The van der Waals surface area contributed by atoms with Gasteiger partial charge in [0.05, 0.1) is 33.0 Å². The number of aliphatic hydroxyl groups is 2. The third-order valence-corrected chi connectivity index (χ3v) is 2.56. The molecule has 0 atom stereocenters. The Morgan fingerprint density at radius 3 is 2.50 bits per heavy atom. The third-order valence-electron chi connectivity index (χ3n) is 2.56. The minimum atomic E-state index is -0.303. The van der Waals surface area contributed by atoms with Crippen molar-refractivity contribution in [3.8, 4) is 11.5 Å². The third kappa shape index (κ3) is 4.18. The summed E-state index contributed by atoms with van der Waals surface area (Å²) in [6.45, 7) is 2.87. The predicted octanol–water partition coefficient (Wildman–Crippen LogP) is 0.537. The van der Waals surface area contributed by atoms with Crippen LogP contribution in [0.15, 0.2) is 18.2 Å². The van der Waals surface area contributed by atoms with Crippen LogP contribution in [0, 0.1) is 0 Å². The van der Waals surface area contributed by atoms with Crippen LogP contribution in [0.5, 0.6) is 11.5 Å². The lowest BCUT2D eigenvalue weighted by Crippen LogP contribution is -2.35. The van der Waals surface area contributed by atoms with Crippen LogP contribution in [0.4, 0.5) is 0 Å². The lowest BCUT2D eigenvalue weighted by atomic mass is 10.2. The average molecular weight is 255 g/mol. The van der Waals surface area contributed by atoms with E-state index in [-0.39, 0.29) is 19.3 Å². The minimum Gasteiger partial charge on any atom is -0.493 e. The molecule has 0 aromatic heterocycles. The van der Waals surface area contributed by atoms with Crippen molar-refractivity contribution in [2.45, 2.75) is 19.5 Å². The van der Waals surface area contributed by atoms with Gasteiger partial charge in [0, 0.05) is 6.54 Å². The molecule has 18 heavy (non-hydrogen) atoms. The van der Waals surface area contributed by atoms with Crippen molar-refractivity contribution in [3.63, 3.8) is 0 Å². The van der Waals surface area contributed by atoms with Gasteiger partial charge in [-0.3, -0.25) is 0 Å². The lowest BCUT2D eigenvalue weighted by Gasteiger charge is -2.15. The van der Waals surface area contributed by atoms with Crippen molar-refractivity contribution < 1.29 is 19.7 Å². The summed E-state index contributed by atoms with van der Waals surface area (Å²) < 4.78 is 10.7. The maximum atomic E-state index is 8.95. The van der Waals surface area contributed by atoms with Gasteiger partial charge in [0.2, 0.25) is 0 Å². The highest BCUT2D eigenvalue weighted by Gasteiger charge is 2.07. The molecule has 0 bridgehead atoms. The molecule has 5 nitrogen and oxygen atoms in total. The van der Waals surface area contributed by atoms with Crippen LogP contribution in [-0.4, -0.2) is 43.2 Å². The molecule has 1 aromatic rings. The van der Waals surface area contributed by atoms with Crippen molar-refractivity contribution in [3.05, 3.63) is 23.8 Å². The molecule has 0 saturated heterocycles.